The Balaban J connectivity index is 1.36. The Morgan fingerprint density at radius 3 is 2.29 bits per heavy atom. The van der Waals surface area contributed by atoms with E-state index in [2.05, 4.69) is 17.0 Å². The first-order chi connectivity index (χ1) is 16.4. The molecular weight excluding hydrogens is 450 g/mol. The fourth-order valence-electron chi connectivity index (χ4n) is 4.10. The third-order valence-electron chi connectivity index (χ3n) is 6.12. The number of amides is 1. The molecule has 0 N–H and O–H groups in total. The third kappa shape index (κ3) is 6.14. The summed E-state index contributed by atoms with van der Waals surface area (Å²) in [6.07, 6.45) is 1.65. The van der Waals surface area contributed by atoms with Crippen LogP contribution in [0.3, 0.4) is 0 Å². The largest absolute Gasteiger partial charge is 0.468 e. The maximum atomic E-state index is 13.3. The number of furan rings is 1. The standard InChI is InChI=1S/C26H31N3O4S/c1-22-9-11-25(12-10-22)34(31,32)29(21-24-8-5-19-33-24)14-13-26(30)28-17-15-27(16-18-28)20-23-6-3-2-4-7-23/h2-12,19H,13-18,20-21H2,1H3. The number of piperazine rings is 1. The van der Waals surface area contributed by atoms with Crippen molar-refractivity contribution in [3.8, 4) is 0 Å². The van der Waals surface area contributed by atoms with Gasteiger partial charge in [0.15, 0.2) is 0 Å². The monoisotopic (exact) mass is 481 g/mol. The quantitative estimate of drug-likeness (QED) is 0.468. The van der Waals surface area contributed by atoms with Crippen LogP contribution in [-0.2, 0) is 27.9 Å². The van der Waals surface area contributed by atoms with E-state index in [9.17, 15) is 13.2 Å². The molecule has 0 atom stereocenters. The number of carbonyl (C=O) groups excluding carboxylic acids is 1. The zero-order valence-electron chi connectivity index (χ0n) is 19.5. The molecule has 1 aromatic heterocycles. The van der Waals surface area contributed by atoms with E-state index in [4.69, 9.17) is 4.42 Å². The Morgan fingerprint density at radius 1 is 0.941 bits per heavy atom. The van der Waals surface area contributed by atoms with E-state index in [1.54, 1.807) is 36.4 Å². The van der Waals surface area contributed by atoms with Gasteiger partial charge in [-0.3, -0.25) is 9.69 Å². The molecular formula is C26H31N3O4S. The maximum absolute atomic E-state index is 13.3. The fourth-order valence-corrected chi connectivity index (χ4v) is 5.50. The second-order valence-corrected chi connectivity index (χ2v) is 10.6. The maximum Gasteiger partial charge on any atom is 0.243 e. The van der Waals surface area contributed by atoms with Gasteiger partial charge in [0.05, 0.1) is 17.7 Å². The molecule has 0 bridgehead atoms. The van der Waals surface area contributed by atoms with Crippen LogP contribution in [0.15, 0.2) is 82.3 Å². The first-order valence-corrected chi connectivity index (χ1v) is 13.0. The molecule has 8 heteroatoms. The molecule has 0 aliphatic carbocycles. The Bertz CT molecular complexity index is 1150. The van der Waals surface area contributed by atoms with E-state index in [1.165, 1.54) is 16.1 Å². The lowest BCUT2D eigenvalue weighted by Gasteiger charge is -2.35. The molecule has 0 unspecified atom stereocenters. The van der Waals surface area contributed by atoms with Crippen LogP contribution in [-0.4, -0.2) is 61.2 Å². The number of nitrogens with zero attached hydrogens (tertiary/aromatic N) is 3. The summed E-state index contributed by atoms with van der Waals surface area (Å²) in [5, 5.41) is 0. The van der Waals surface area contributed by atoms with Crippen molar-refractivity contribution < 1.29 is 17.6 Å². The number of aryl methyl sites for hydroxylation is 1. The number of carbonyl (C=O) groups is 1. The number of hydrogen-bond acceptors (Lipinski definition) is 5. The lowest BCUT2D eigenvalue weighted by molar-refractivity contribution is -0.133. The average molecular weight is 482 g/mol. The van der Waals surface area contributed by atoms with Crippen LogP contribution in [0.4, 0.5) is 0 Å². The highest BCUT2D eigenvalue weighted by atomic mass is 32.2. The summed E-state index contributed by atoms with van der Waals surface area (Å²) >= 11 is 0. The SMILES string of the molecule is Cc1ccc(S(=O)(=O)N(CCC(=O)N2CCN(Cc3ccccc3)CC2)Cc2ccco2)cc1. The number of rotatable bonds is 9. The van der Waals surface area contributed by atoms with E-state index in [0.29, 0.717) is 18.8 Å². The van der Waals surface area contributed by atoms with E-state index < -0.39 is 10.0 Å². The van der Waals surface area contributed by atoms with Gasteiger partial charge in [-0.15, -0.1) is 0 Å². The highest BCUT2D eigenvalue weighted by Gasteiger charge is 2.28. The van der Waals surface area contributed by atoms with Gasteiger partial charge >= 0.3 is 0 Å². The van der Waals surface area contributed by atoms with Crippen molar-refractivity contribution in [3.05, 3.63) is 89.9 Å². The predicted octanol–water partition coefficient (Wildman–Crippen LogP) is 3.51. The van der Waals surface area contributed by atoms with Gasteiger partial charge in [0.25, 0.3) is 0 Å². The normalized spacial score (nSPS) is 15.1. The van der Waals surface area contributed by atoms with Gasteiger partial charge in [-0.25, -0.2) is 8.42 Å². The van der Waals surface area contributed by atoms with Crippen LogP contribution in [0.25, 0.3) is 0 Å². The van der Waals surface area contributed by atoms with Crippen LogP contribution in [0.1, 0.15) is 23.3 Å². The zero-order valence-corrected chi connectivity index (χ0v) is 20.3. The summed E-state index contributed by atoms with van der Waals surface area (Å²) < 4.78 is 33.4. The Hall–Kier alpha value is -2.94. The summed E-state index contributed by atoms with van der Waals surface area (Å²) in [5.41, 5.74) is 2.25. The molecule has 0 radical (unpaired) electrons. The minimum Gasteiger partial charge on any atom is -0.468 e. The highest BCUT2D eigenvalue weighted by Crippen LogP contribution is 2.20. The highest BCUT2D eigenvalue weighted by molar-refractivity contribution is 7.89. The lowest BCUT2D eigenvalue weighted by Crippen LogP contribution is -2.48. The smallest absolute Gasteiger partial charge is 0.243 e. The number of benzene rings is 2. The Kier molecular flexibility index (Phi) is 7.82. The summed E-state index contributed by atoms with van der Waals surface area (Å²) in [5.74, 6) is 0.514. The molecule has 0 saturated carbocycles. The summed E-state index contributed by atoms with van der Waals surface area (Å²) in [7, 11) is -3.77. The predicted molar refractivity (Wildman–Crippen MR) is 130 cm³/mol. The van der Waals surface area contributed by atoms with Crippen molar-refractivity contribution in [1.29, 1.82) is 0 Å². The van der Waals surface area contributed by atoms with Gasteiger partial charge in [0, 0.05) is 45.7 Å². The zero-order chi connectivity index (χ0) is 24.0. The first-order valence-electron chi connectivity index (χ1n) is 11.5. The molecule has 34 heavy (non-hydrogen) atoms. The van der Waals surface area contributed by atoms with Gasteiger partial charge in [-0.2, -0.15) is 4.31 Å². The summed E-state index contributed by atoms with van der Waals surface area (Å²) in [6.45, 7) is 5.87. The van der Waals surface area contributed by atoms with Gasteiger partial charge in [-0.1, -0.05) is 48.0 Å². The second-order valence-electron chi connectivity index (χ2n) is 8.62. The topological polar surface area (TPSA) is 74.1 Å². The molecule has 1 aliphatic rings. The first kappa shape index (κ1) is 24.2. The van der Waals surface area contributed by atoms with Crippen LogP contribution in [0.5, 0.6) is 0 Å². The molecule has 7 nitrogen and oxygen atoms in total. The van der Waals surface area contributed by atoms with Crippen LogP contribution >= 0.6 is 0 Å². The number of hydrogen-bond donors (Lipinski definition) is 0. The Morgan fingerprint density at radius 2 is 1.65 bits per heavy atom. The van der Waals surface area contributed by atoms with Gasteiger partial charge in [0.2, 0.25) is 15.9 Å². The third-order valence-corrected chi connectivity index (χ3v) is 7.98. The van der Waals surface area contributed by atoms with Crippen LogP contribution < -0.4 is 0 Å². The van der Waals surface area contributed by atoms with Crippen LogP contribution in [0.2, 0.25) is 0 Å². The van der Waals surface area contributed by atoms with Crippen molar-refractivity contribution in [2.24, 2.45) is 0 Å². The van der Waals surface area contributed by atoms with Crippen molar-refractivity contribution in [2.75, 3.05) is 32.7 Å². The molecule has 1 aliphatic heterocycles. The minimum absolute atomic E-state index is 0.0251. The molecule has 1 saturated heterocycles. The fraction of sp³-hybridized carbons (Fsp3) is 0.346. The summed E-state index contributed by atoms with van der Waals surface area (Å²) in [4.78, 5) is 17.3. The van der Waals surface area contributed by atoms with Crippen molar-refractivity contribution in [3.63, 3.8) is 0 Å². The molecule has 2 heterocycles. The molecule has 3 aromatic rings. The van der Waals surface area contributed by atoms with Gasteiger partial charge in [0.1, 0.15) is 5.76 Å². The van der Waals surface area contributed by atoms with E-state index in [-0.39, 0.29) is 30.3 Å². The minimum atomic E-state index is -3.77. The van der Waals surface area contributed by atoms with Gasteiger partial charge < -0.3 is 9.32 Å². The molecule has 1 fully saturated rings. The molecule has 4 rings (SSSR count). The Labute approximate surface area is 201 Å². The van der Waals surface area contributed by atoms with Crippen molar-refractivity contribution in [1.82, 2.24) is 14.1 Å². The molecule has 1 amide bonds. The molecule has 180 valence electrons. The van der Waals surface area contributed by atoms with Gasteiger partial charge in [-0.05, 0) is 36.8 Å². The molecule has 2 aromatic carbocycles. The van der Waals surface area contributed by atoms with E-state index in [0.717, 1.165) is 25.2 Å². The van der Waals surface area contributed by atoms with Crippen molar-refractivity contribution >= 4 is 15.9 Å². The summed E-state index contributed by atoms with van der Waals surface area (Å²) in [6, 6.07) is 20.5. The van der Waals surface area contributed by atoms with Crippen molar-refractivity contribution in [2.45, 2.75) is 31.3 Å². The number of sulfonamides is 1. The lowest BCUT2D eigenvalue weighted by atomic mass is 10.2. The van der Waals surface area contributed by atoms with E-state index >= 15 is 0 Å². The second kappa shape index (κ2) is 11.0. The van der Waals surface area contributed by atoms with Crippen LogP contribution in [0, 0.1) is 6.92 Å². The van der Waals surface area contributed by atoms with E-state index in [1.807, 2.05) is 30.0 Å². The molecule has 0 spiro atoms. The average Bonchev–Trinajstić information content (AvgIpc) is 3.36.